The largest absolute Gasteiger partial charge is 0.488 e. The number of benzene rings is 1. The quantitative estimate of drug-likeness (QED) is 0.785. The summed E-state index contributed by atoms with van der Waals surface area (Å²) in [5.41, 5.74) is -1.06. The van der Waals surface area contributed by atoms with Crippen LogP contribution in [0.5, 0.6) is 5.75 Å². The van der Waals surface area contributed by atoms with E-state index in [4.69, 9.17) is 9.84 Å². The lowest BCUT2D eigenvalue weighted by molar-refractivity contribution is -0.137. The molecule has 1 N–H and O–H groups in total. The van der Waals surface area contributed by atoms with Crippen molar-refractivity contribution in [2.24, 2.45) is 0 Å². The number of ether oxygens (including phenoxy) is 1. The Morgan fingerprint density at radius 3 is 2.60 bits per heavy atom. The van der Waals surface area contributed by atoms with E-state index in [0.29, 0.717) is 6.42 Å². The van der Waals surface area contributed by atoms with Crippen molar-refractivity contribution in [1.82, 2.24) is 4.90 Å². The molecule has 2 rings (SSSR count). The van der Waals surface area contributed by atoms with E-state index in [1.54, 1.807) is 0 Å². The first kappa shape index (κ1) is 19.3. The van der Waals surface area contributed by atoms with Crippen molar-refractivity contribution in [3.05, 3.63) is 29.3 Å². The molecular weight excluding hydrogens is 367 g/mol. The fourth-order valence-corrected chi connectivity index (χ4v) is 2.67. The second-order valence-corrected chi connectivity index (χ2v) is 7.19. The highest BCUT2D eigenvalue weighted by Crippen LogP contribution is 2.34. The van der Waals surface area contributed by atoms with Crippen molar-refractivity contribution in [3.8, 4) is 5.75 Å². The Balaban J connectivity index is 2.22. The van der Waals surface area contributed by atoms with Crippen LogP contribution in [0.25, 0.3) is 0 Å². The molecule has 1 aromatic carbocycles. The molecule has 11 heteroatoms. The lowest BCUT2D eigenvalue weighted by Gasteiger charge is -2.18. The van der Waals surface area contributed by atoms with E-state index >= 15 is 0 Å². The standard InChI is InChI=1S/C14H16F3NO6S/c1-25(21,22)23-8-9-6-10(14(15,16)17)2-3-12(9)24-11-4-5-18(7-11)13(19)20/h2-3,6,11H,4-5,7-8H2,1H3,(H,19,20). The van der Waals surface area contributed by atoms with E-state index in [1.807, 2.05) is 0 Å². The molecule has 1 aromatic rings. The number of likely N-dealkylation sites (tertiary alicyclic amines) is 1. The number of amides is 1. The summed E-state index contributed by atoms with van der Waals surface area (Å²) in [6.45, 7) is -0.300. The summed E-state index contributed by atoms with van der Waals surface area (Å²) in [5.74, 6) is 0.0221. The van der Waals surface area contributed by atoms with Crippen molar-refractivity contribution in [1.29, 1.82) is 0 Å². The topological polar surface area (TPSA) is 93.1 Å². The number of nitrogens with zero attached hydrogens (tertiary/aromatic N) is 1. The highest BCUT2D eigenvalue weighted by molar-refractivity contribution is 7.85. The molecule has 0 aromatic heterocycles. The molecule has 0 aliphatic carbocycles. The van der Waals surface area contributed by atoms with Gasteiger partial charge in [-0.15, -0.1) is 0 Å². The molecule has 0 bridgehead atoms. The molecule has 1 aliphatic heterocycles. The molecule has 1 fully saturated rings. The number of carbonyl (C=O) groups is 1. The van der Waals surface area contributed by atoms with Gasteiger partial charge in [-0.3, -0.25) is 4.18 Å². The smallest absolute Gasteiger partial charge is 0.416 e. The van der Waals surface area contributed by atoms with Crippen LogP contribution in [0.2, 0.25) is 0 Å². The van der Waals surface area contributed by atoms with Gasteiger partial charge in [0.1, 0.15) is 11.9 Å². The lowest BCUT2D eigenvalue weighted by Crippen LogP contribution is -2.29. The van der Waals surface area contributed by atoms with Gasteiger partial charge in [0, 0.05) is 18.5 Å². The van der Waals surface area contributed by atoms with Crippen LogP contribution in [0.4, 0.5) is 18.0 Å². The lowest BCUT2D eigenvalue weighted by atomic mass is 10.1. The number of alkyl halides is 3. The van der Waals surface area contributed by atoms with Gasteiger partial charge in [-0.1, -0.05) is 0 Å². The van der Waals surface area contributed by atoms with Gasteiger partial charge < -0.3 is 14.7 Å². The van der Waals surface area contributed by atoms with Crippen molar-refractivity contribution in [3.63, 3.8) is 0 Å². The average Bonchev–Trinajstić information content (AvgIpc) is 2.93. The highest BCUT2D eigenvalue weighted by Gasteiger charge is 2.32. The number of halogens is 3. The number of hydrogen-bond donors (Lipinski definition) is 1. The summed E-state index contributed by atoms with van der Waals surface area (Å²) in [6, 6.07) is 2.64. The van der Waals surface area contributed by atoms with E-state index in [1.165, 1.54) is 0 Å². The Kier molecular flexibility index (Phi) is 5.47. The van der Waals surface area contributed by atoms with E-state index in [-0.39, 0.29) is 24.4 Å². The summed E-state index contributed by atoms with van der Waals surface area (Å²) < 4.78 is 70.9. The Labute approximate surface area is 142 Å². The molecule has 140 valence electrons. The van der Waals surface area contributed by atoms with Crippen LogP contribution in [-0.4, -0.2) is 50.0 Å². The summed E-state index contributed by atoms with van der Waals surface area (Å²) in [4.78, 5) is 12.0. The van der Waals surface area contributed by atoms with Crippen LogP contribution in [0.15, 0.2) is 18.2 Å². The third-order valence-corrected chi connectivity index (χ3v) is 4.07. The molecule has 1 saturated heterocycles. The first-order valence-electron chi connectivity index (χ1n) is 7.15. The highest BCUT2D eigenvalue weighted by atomic mass is 32.2. The Morgan fingerprint density at radius 2 is 2.08 bits per heavy atom. The maximum Gasteiger partial charge on any atom is 0.416 e. The van der Waals surface area contributed by atoms with Gasteiger partial charge in [-0.05, 0) is 18.2 Å². The summed E-state index contributed by atoms with van der Waals surface area (Å²) in [6.07, 6.45) is -5.10. The zero-order chi connectivity index (χ0) is 18.8. The average molecular weight is 383 g/mol. The number of hydrogen-bond acceptors (Lipinski definition) is 5. The Hall–Kier alpha value is -2.01. The molecular formula is C14H16F3NO6S. The van der Waals surface area contributed by atoms with Gasteiger partial charge >= 0.3 is 12.3 Å². The van der Waals surface area contributed by atoms with Crippen molar-refractivity contribution in [2.75, 3.05) is 19.3 Å². The first-order valence-corrected chi connectivity index (χ1v) is 8.96. The maximum atomic E-state index is 12.8. The monoisotopic (exact) mass is 383 g/mol. The molecule has 1 heterocycles. The fraction of sp³-hybridized carbons (Fsp3) is 0.500. The van der Waals surface area contributed by atoms with Crippen molar-refractivity contribution in [2.45, 2.75) is 25.3 Å². The molecule has 1 unspecified atom stereocenters. The van der Waals surface area contributed by atoms with Crippen LogP contribution in [-0.2, 0) is 27.1 Å². The second-order valence-electron chi connectivity index (χ2n) is 5.54. The van der Waals surface area contributed by atoms with Gasteiger partial charge in [-0.25, -0.2) is 4.79 Å². The minimum atomic E-state index is -4.61. The molecule has 0 radical (unpaired) electrons. The summed E-state index contributed by atoms with van der Waals surface area (Å²) >= 11 is 0. The van der Waals surface area contributed by atoms with Crippen molar-refractivity contribution < 1.29 is 40.4 Å². The SMILES string of the molecule is CS(=O)(=O)OCc1cc(C(F)(F)F)ccc1OC1CCN(C(=O)O)C1. The predicted molar refractivity (Wildman–Crippen MR) is 79.7 cm³/mol. The van der Waals surface area contributed by atoms with Crippen LogP contribution >= 0.6 is 0 Å². The fourth-order valence-electron chi connectivity index (χ4n) is 2.33. The zero-order valence-electron chi connectivity index (χ0n) is 13.1. The third kappa shape index (κ3) is 5.49. The van der Waals surface area contributed by atoms with Crippen LogP contribution < -0.4 is 4.74 Å². The maximum absolute atomic E-state index is 12.8. The molecule has 0 saturated carbocycles. The van der Waals surface area contributed by atoms with Crippen LogP contribution in [0, 0.1) is 0 Å². The third-order valence-electron chi connectivity index (χ3n) is 3.53. The van der Waals surface area contributed by atoms with Crippen molar-refractivity contribution >= 4 is 16.2 Å². The normalized spacial score (nSPS) is 18.4. The molecule has 1 amide bonds. The predicted octanol–water partition coefficient (Wildman–Crippen LogP) is 2.31. The van der Waals surface area contributed by atoms with E-state index in [2.05, 4.69) is 4.18 Å². The molecule has 25 heavy (non-hydrogen) atoms. The van der Waals surface area contributed by atoms with Gasteiger partial charge in [0.15, 0.2) is 0 Å². The van der Waals surface area contributed by atoms with Gasteiger partial charge in [0.05, 0.1) is 25.0 Å². The summed E-state index contributed by atoms with van der Waals surface area (Å²) in [7, 11) is -3.86. The zero-order valence-corrected chi connectivity index (χ0v) is 13.9. The number of carboxylic acid groups (broad SMARTS) is 1. The minimum absolute atomic E-state index is 0.0221. The first-order chi connectivity index (χ1) is 11.5. The van der Waals surface area contributed by atoms with E-state index < -0.39 is 40.7 Å². The van der Waals surface area contributed by atoms with Gasteiger partial charge in [0.25, 0.3) is 10.1 Å². The molecule has 0 spiro atoms. The van der Waals surface area contributed by atoms with E-state index in [9.17, 15) is 26.4 Å². The molecule has 1 aliphatic rings. The van der Waals surface area contributed by atoms with Gasteiger partial charge in [-0.2, -0.15) is 21.6 Å². The molecule has 1 atom stereocenters. The second kappa shape index (κ2) is 7.08. The van der Waals surface area contributed by atoms with E-state index in [0.717, 1.165) is 29.4 Å². The van der Waals surface area contributed by atoms with Gasteiger partial charge in [0.2, 0.25) is 0 Å². The Morgan fingerprint density at radius 1 is 1.40 bits per heavy atom. The van der Waals surface area contributed by atoms with Crippen LogP contribution in [0.1, 0.15) is 17.5 Å². The van der Waals surface area contributed by atoms with Crippen LogP contribution in [0.3, 0.4) is 0 Å². The molecule has 7 nitrogen and oxygen atoms in total. The summed E-state index contributed by atoms with van der Waals surface area (Å²) in [5, 5.41) is 8.91. The minimum Gasteiger partial charge on any atom is -0.488 e. The number of rotatable bonds is 5. The Bertz CT molecular complexity index is 749.